The van der Waals surface area contributed by atoms with Crippen LogP contribution in [0.15, 0.2) is 60.7 Å². The summed E-state index contributed by atoms with van der Waals surface area (Å²) in [5.41, 5.74) is 6.32. The zero-order chi connectivity index (χ0) is 17.6. The fourth-order valence-corrected chi connectivity index (χ4v) is 78.4. The summed E-state index contributed by atoms with van der Waals surface area (Å²) < 4.78 is 1.59. The molecule has 4 rings (SSSR count). The summed E-state index contributed by atoms with van der Waals surface area (Å²) >= 11 is -2.47. The predicted molar refractivity (Wildman–Crippen MR) is 129 cm³/mol. The smallest absolute Gasteiger partial charge is 0.147 e. The molecule has 0 spiro atoms. The van der Waals surface area contributed by atoms with E-state index in [9.17, 15) is 0 Å². The van der Waals surface area contributed by atoms with Crippen LogP contribution in [0.1, 0.15) is 29.5 Å². The van der Waals surface area contributed by atoms with Crippen molar-refractivity contribution in [1.82, 2.24) is 0 Å². The minimum Gasteiger partial charge on any atom is -0.147 e. The average molecular weight is 513 g/mol. The summed E-state index contributed by atoms with van der Waals surface area (Å²) in [6.07, 6.45) is 10.1. The van der Waals surface area contributed by atoms with E-state index in [0.717, 1.165) is 7.25 Å². The zero-order valence-electron chi connectivity index (χ0n) is 16.6. The minimum atomic E-state index is -2.47. The number of halogens is 2. The first kappa shape index (κ1) is 23.1. The first-order valence-electron chi connectivity index (χ1n) is 9.61. The van der Waals surface area contributed by atoms with Crippen LogP contribution in [0.3, 0.4) is 0 Å². The second-order valence-electron chi connectivity index (χ2n) is 8.24. The van der Waals surface area contributed by atoms with Crippen molar-refractivity contribution >= 4 is 48.8 Å². The van der Waals surface area contributed by atoms with Crippen molar-refractivity contribution in [2.24, 2.45) is 0 Å². The maximum atomic E-state index is 2.69. The third kappa shape index (κ3) is 3.60. The van der Waals surface area contributed by atoms with E-state index in [1.807, 2.05) is 0 Å². The van der Waals surface area contributed by atoms with Crippen LogP contribution >= 0.6 is 24.8 Å². The van der Waals surface area contributed by atoms with Gasteiger partial charge in [-0.1, -0.05) is 0 Å². The van der Waals surface area contributed by atoms with E-state index in [-0.39, 0.29) is 24.8 Å². The zero-order valence-corrected chi connectivity index (χ0v) is 23.0. The number of rotatable bonds is 4. The summed E-state index contributed by atoms with van der Waals surface area (Å²) in [7, 11) is 0. The second kappa shape index (κ2) is 9.09. The maximum absolute atomic E-state index is 2.69. The van der Waals surface area contributed by atoms with Crippen molar-refractivity contribution < 1.29 is 18.6 Å². The summed E-state index contributed by atoms with van der Waals surface area (Å²) in [6.45, 7) is 10.7. The molecule has 0 fully saturated rings. The monoisotopic (exact) mass is 510 g/mol. The van der Waals surface area contributed by atoms with Crippen LogP contribution in [0.2, 0.25) is 26.2 Å². The number of fused-ring (bicyclic) bond motifs is 2. The normalized spacial score (nSPS) is 19.6. The standard InChI is InChI=1S/2C9H7.2C2H7Si.2ClH.Zr/c2*1-2-5-9-7-3-6-8(9)4-1;2*1-3-2;;;/h2*1-7H;2*3H,1-2H3;2*1H;. The van der Waals surface area contributed by atoms with Crippen molar-refractivity contribution in [3.8, 4) is 0 Å². The topological polar surface area (TPSA) is 0 Å². The first-order valence-corrected chi connectivity index (χ1v) is 26.7. The molecule has 2 aromatic carbocycles. The van der Waals surface area contributed by atoms with E-state index in [2.05, 4.69) is 99.0 Å². The molecular weight excluding hydrogens is 483 g/mol. The van der Waals surface area contributed by atoms with E-state index in [1.165, 1.54) is 11.1 Å². The SMILES string of the molecule is C[SiH](C)[Zr]([CH]1C=Cc2ccccc21)([CH]1C=Cc2ccccc21)[SiH](C)C.Cl.Cl. The van der Waals surface area contributed by atoms with Gasteiger partial charge in [0.2, 0.25) is 0 Å². The van der Waals surface area contributed by atoms with Crippen molar-refractivity contribution in [3.63, 3.8) is 0 Å². The van der Waals surface area contributed by atoms with Crippen LogP contribution in [0.5, 0.6) is 0 Å². The largest absolute Gasteiger partial charge is 0.147 e. The molecule has 0 radical (unpaired) electrons. The molecule has 27 heavy (non-hydrogen) atoms. The Kier molecular flexibility index (Phi) is 7.78. The van der Waals surface area contributed by atoms with Gasteiger partial charge in [-0.3, -0.25) is 0 Å². The predicted octanol–water partition coefficient (Wildman–Crippen LogP) is 6.49. The molecule has 0 aromatic heterocycles. The number of hydrogen-bond donors (Lipinski definition) is 0. The average Bonchev–Trinajstić information content (AvgIpc) is 3.21. The molecule has 2 aliphatic carbocycles. The molecule has 2 atom stereocenters. The molecule has 2 unspecified atom stereocenters. The Balaban J connectivity index is 0.00000131. The van der Waals surface area contributed by atoms with Gasteiger partial charge in [0.1, 0.15) is 0 Å². The Morgan fingerprint density at radius 2 is 1.00 bits per heavy atom. The Morgan fingerprint density at radius 3 is 1.37 bits per heavy atom. The van der Waals surface area contributed by atoms with Crippen LogP contribution in [-0.4, -0.2) is 11.8 Å². The van der Waals surface area contributed by atoms with Crippen molar-refractivity contribution in [2.45, 2.75) is 33.4 Å². The molecule has 0 saturated carbocycles. The fraction of sp³-hybridized carbons (Fsp3) is 0.273. The molecule has 0 amide bonds. The van der Waals surface area contributed by atoms with E-state index in [1.54, 1.807) is 11.1 Å². The molecule has 2 aromatic rings. The second-order valence-corrected chi connectivity index (χ2v) is 53.6. The van der Waals surface area contributed by atoms with E-state index >= 15 is 0 Å². The van der Waals surface area contributed by atoms with Gasteiger partial charge >= 0.3 is 159 Å². The fourth-order valence-electron chi connectivity index (χ4n) is 5.67. The Hall–Kier alpha value is -0.183. The van der Waals surface area contributed by atoms with E-state index < -0.39 is 30.4 Å². The van der Waals surface area contributed by atoms with E-state index in [4.69, 9.17) is 0 Å². The quantitative estimate of drug-likeness (QED) is 0.411. The van der Waals surface area contributed by atoms with Gasteiger partial charge in [-0.25, -0.2) is 0 Å². The molecule has 0 saturated heterocycles. The Bertz CT molecular complexity index is 789. The summed E-state index contributed by atoms with van der Waals surface area (Å²) in [5, 5.41) is 0. The Labute approximate surface area is 182 Å². The molecule has 0 bridgehead atoms. The van der Waals surface area contributed by atoms with Gasteiger partial charge in [0.15, 0.2) is 0 Å². The van der Waals surface area contributed by atoms with Gasteiger partial charge in [-0.2, -0.15) is 0 Å². The van der Waals surface area contributed by atoms with Crippen LogP contribution in [0, 0.1) is 0 Å². The van der Waals surface area contributed by atoms with Crippen molar-refractivity contribution in [1.29, 1.82) is 0 Å². The molecule has 2 aliphatic rings. The van der Waals surface area contributed by atoms with Crippen LogP contribution < -0.4 is 0 Å². The third-order valence-electron chi connectivity index (χ3n) is 6.68. The number of benzene rings is 2. The van der Waals surface area contributed by atoms with Crippen LogP contribution in [0.4, 0.5) is 0 Å². The molecule has 0 N–H and O–H groups in total. The van der Waals surface area contributed by atoms with Crippen molar-refractivity contribution in [2.75, 3.05) is 0 Å². The molecular formula is C22H30Cl2Si2Zr. The van der Waals surface area contributed by atoms with Gasteiger partial charge in [0, 0.05) is 0 Å². The third-order valence-corrected chi connectivity index (χ3v) is 80.1. The van der Waals surface area contributed by atoms with E-state index in [0.29, 0.717) is 0 Å². The maximum Gasteiger partial charge on any atom is -0.147 e. The van der Waals surface area contributed by atoms with Gasteiger partial charge < -0.3 is 0 Å². The van der Waals surface area contributed by atoms with Crippen LogP contribution in [0.25, 0.3) is 12.2 Å². The number of allylic oxidation sites excluding steroid dienone is 2. The summed E-state index contributed by atoms with van der Waals surface area (Å²) in [6, 6.07) is 18.4. The Morgan fingerprint density at radius 1 is 0.630 bits per heavy atom. The molecule has 0 heterocycles. The summed E-state index contributed by atoms with van der Waals surface area (Å²) in [4.78, 5) is 0. The summed E-state index contributed by atoms with van der Waals surface area (Å²) in [5.74, 6) is -1.47. The molecule has 144 valence electrons. The molecule has 0 aliphatic heterocycles. The molecule has 5 heteroatoms. The minimum absolute atomic E-state index is 0. The van der Waals surface area contributed by atoms with Gasteiger partial charge in [-0.05, 0) is 0 Å². The van der Waals surface area contributed by atoms with Crippen LogP contribution in [-0.2, 0) is 18.6 Å². The van der Waals surface area contributed by atoms with Gasteiger partial charge in [0.05, 0.1) is 0 Å². The molecule has 0 nitrogen and oxygen atoms in total. The number of hydrogen-bond acceptors (Lipinski definition) is 0. The first-order chi connectivity index (χ1) is 12.1. The van der Waals surface area contributed by atoms with Crippen molar-refractivity contribution in [3.05, 3.63) is 82.9 Å². The van der Waals surface area contributed by atoms with Gasteiger partial charge in [0.25, 0.3) is 0 Å². The van der Waals surface area contributed by atoms with Gasteiger partial charge in [-0.15, -0.1) is 24.8 Å².